The molecule has 6 N–H and O–H groups in total. The molecular formula is C53H68N6O6. The Labute approximate surface area is 382 Å². The molecule has 9 rings (SSSR count). The van der Waals surface area contributed by atoms with Crippen molar-refractivity contribution in [2.24, 2.45) is 0 Å². The molecule has 3 heterocycles. The first-order valence-electron chi connectivity index (χ1n) is 24.6. The Morgan fingerprint density at radius 1 is 0.431 bits per heavy atom. The molecule has 6 aromatic rings. The quantitative estimate of drug-likeness (QED) is 0.0331. The van der Waals surface area contributed by atoms with Crippen LogP contribution in [-0.4, -0.2) is 72.1 Å². The van der Waals surface area contributed by atoms with Gasteiger partial charge in [0, 0.05) is 47.6 Å². The number of nitrogens with one attached hydrogen (secondary N) is 6. The number of amides is 3. The highest BCUT2D eigenvalue weighted by atomic mass is 16.5. The van der Waals surface area contributed by atoms with Crippen molar-refractivity contribution >= 4 is 50.4 Å². The average molecular weight is 885 g/mol. The van der Waals surface area contributed by atoms with Gasteiger partial charge in [0.1, 0.15) is 34.3 Å². The van der Waals surface area contributed by atoms with Crippen LogP contribution < -0.4 is 30.2 Å². The molecule has 0 fully saturated rings. The van der Waals surface area contributed by atoms with E-state index in [1.54, 1.807) is 0 Å². The highest BCUT2D eigenvalue weighted by molar-refractivity contribution is 6.08. The molecule has 3 aliphatic carbocycles. The molecule has 0 spiro atoms. The minimum Gasteiger partial charge on any atom is -0.493 e. The molecule has 0 aliphatic heterocycles. The predicted octanol–water partition coefficient (Wildman–Crippen LogP) is 11.2. The first kappa shape index (κ1) is 45.7. The van der Waals surface area contributed by atoms with E-state index in [1.807, 2.05) is 18.2 Å². The summed E-state index contributed by atoms with van der Waals surface area (Å²) >= 11 is 0. The van der Waals surface area contributed by atoms with Gasteiger partial charge < -0.3 is 45.1 Å². The highest BCUT2D eigenvalue weighted by Crippen LogP contribution is 2.62. The van der Waals surface area contributed by atoms with Gasteiger partial charge in [-0.2, -0.15) is 0 Å². The molecule has 3 aliphatic rings. The van der Waals surface area contributed by atoms with Gasteiger partial charge in [0.2, 0.25) is 0 Å². The number of hydrogen-bond acceptors (Lipinski definition) is 6. The minimum absolute atomic E-state index is 0.164. The second-order valence-electron chi connectivity index (χ2n) is 17.8. The number of hydrogen-bond donors (Lipinski definition) is 6. The zero-order valence-electron chi connectivity index (χ0n) is 39.3. The largest absolute Gasteiger partial charge is 0.493 e. The molecule has 0 unspecified atom stereocenters. The van der Waals surface area contributed by atoms with Crippen LogP contribution in [-0.2, 0) is 0 Å². The Bertz CT molecular complexity index is 2400. The topological polar surface area (TPSA) is 162 Å². The highest BCUT2D eigenvalue weighted by Gasteiger charge is 2.47. The minimum atomic E-state index is -0.412. The number of fused-ring (bicyclic) bond motifs is 3. The van der Waals surface area contributed by atoms with Crippen molar-refractivity contribution in [1.82, 2.24) is 30.9 Å². The number of H-pyrrole nitrogens is 3. The SMILES string of the molecule is CCCCNC(=O)c1cc2c(OCCCC)cc3c(c2[nH]1)C1c2c(cc(OCCCC)c4cc(C(=O)NCCCC)[nH]c24)C3c2cc(OCCCC)c3cc(C(=O)NCCCC)[nH]c3c21. The molecule has 3 amide bonds. The zero-order valence-corrected chi connectivity index (χ0v) is 39.3. The van der Waals surface area contributed by atoms with Gasteiger partial charge in [-0.05, 0) is 108 Å². The predicted molar refractivity (Wildman–Crippen MR) is 260 cm³/mol. The Morgan fingerprint density at radius 2 is 0.723 bits per heavy atom. The molecule has 12 nitrogen and oxygen atoms in total. The number of carbonyl (C=O) groups excluding carboxylic acids is 3. The summed E-state index contributed by atoms with van der Waals surface area (Å²) in [5.41, 5.74) is 10.2. The second kappa shape index (κ2) is 20.5. The van der Waals surface area contributed by atoms with Gasteiger partial charge in [-0.15, -0.1) is 0 Å². The van der Waals surface area contributed by atoms with Crippen molar-refractivity contribution in [2.45, 2.75) is 130 Å². The third-order valence-electron chi connectivity index (χ3n) is 13.1. The molecule has 3 aromatic heterocycles. The van der Waals surface area contributed by atoms with Crippen LogP contribution in [0, 0.1) is 0 Å². The number of carbonyl (C=O) groups is 3. The molecule has 0 saturated heterocycles. The number of aromatic amines is 3. The summed E-state index contributed by atoms with van der Waals surface area (Å²) in [6.45, 7) is 16.1. The van der Waals surface area contributed by atoms with Gasteiger partial charge in [-0.1, -0.05) is 80.1 Å². The standard InChI is InChI=1S/C53H68N6O6/c1-7-13-19-54-51(60)37-25-31-40(63-22-16-10-4)28-34-43-35-29-41(64-23-17-11-5)32-26-38(52(61)55-20-14-8-2)58-49(32)45(35)47(44(34)48(31)57-37)46-36(43)30-42(65-24-18-12-6)33-27-39(59-50(33)46)53(62)56-21-15-9-3/h25-30,43,47,57-59H,7-24H2,1-6H3,(H,54,60)(H,55,61)(H,56,62). The van der Waals surface area contributed by atoms with Crippen molar-refractivity contribution < 1.29 is 28.6 Å². The maximum absolute atomic E-state index is 13.9. The lowest BCUT2D eigenvalue weighted by molar-refractivity contribution is 0.0941. The van der Waals surface area contributed by atoms with Gasteiger partial charge in [0.15, 0.2) is 0 Å². The van der Waals surface area contributed by atoms with Crippen molar-refractivity contribution in [3.05, 3.63) is 86.9 Å². The number of unbranched alkanes of at least 4 members (excludes halogenated alkanes) is 6. The van der Waals surface area contributed by atoms with E-state index in [0.717, 1.165) is 160 Å². The summed E-state index contributed by atoms with van der Waals surface area (Å²) in [5.74, 6) is 0.952. The summed E-state index contributed by atoms with van der Waals surface area (Å²) < 4.78 is 20.0. The Morgan fingerprint density at radius 3 is 1.00 bits per heavy atom. The summed E-state index contributed by atoms with van der Waals surface area (Å²) in [5, 5.41) is 11.9. The van der Waals surface area contributed by atoms with Gasteiger partial charge in [0.25, 0.3) is 17.7 Å². The van der Waals surface area contributed by atoms with Crippen LogP contribution in [0.25, 0.3) is 32.7 Å². The molecule has 346 valence electrons. The smallest absolute Gasteiger partial charge is 0.267 e. The van der Waals surface area contributed by atoms with Crippen LogP contribution in [0.4, 0.5) is 0 Å². The van der Waals surface area contributed by atoms with Crippen LogP contribution in [0.1, 0.15) is 195 Å². The maximum Gasteiger partial charge on any atom is 0.267 e. The van der Waals surface area contributed by atoms with Crippen molar-refractivity contribution in [3.8, 4) is 17.2 Å². The lowest BCUT2D eigenvalue weighted by Crippen LogP contribution is -2.29. The van der Waals surface area contributed by atoms with E-state index in [0.29, 0.717) is 56.5 Å². The molecule has 3 aromatic carbocycles. The fourth-order valence-corrected chi connectivity index (χ4v) is 9.62. The normalized spacial score (nSPS) is 14.7. The lowest BCUT2D eigenvalue weighted by Gasteiger charge is -2.43. The molecule has 65 heavy (non-hydrogen) atoms. The summed E-state index contributed by atoms with van der Waals surface area (Å²) in [4.78, 5) is 52.4. The van der Waals surface area contributed by atoms with Crippen molar-refractivity contribution in [3.63, 3.8) is 0 Å². The third kappa shape index (κ3) is 8.80. The fourth-order valence-electron chi connectivity index (χ4n) is 9.62. The lowest BCUT2D eigenvalue weighted by atomic mass is 9.60. The van der Waals surface area contributed by atoms with Crippen LogP contribution in [0.5, 0.6) is 17.2 Å². The van der Waals surface area contributed by atoms with Crippen LogP contribution in [0.3, 0.4) is 0 Å². The van der Waals surface area contributed by atoms with Crippen molar-refractivity contribution in [1.29, 1.82) is 0 Å². The Balaban J connectivity index is 1.43. The van der Waals surface area contributed by atoms with E-state index in [4.69, 9.17) is 14.2 Å². The summed E-state index contributed by atoms with van der Waals surface area (Å²) in [6.07, 6.45) is 11.2. The van der Waals surface area contributed by atoms with Crippen molar-refractivity contribution in [2.75, 3.05) is 39.5 Å². The van der Waals surface area contributed by atoms with E-state index in [-0.39, 0.29) is 23.6 Å². The maximum atomic E-state index is 13.9. The first-order valence-corrected chi connectivity index (χ1v) is 24.6. The number of aromatic nitrogens is 3. The molecule has 0 radical (unpaired) electrons. The van der Waals surface area contributed by atoms with Gasteiger partial charge in [-0.3, -0.25) is 14.4 Å². The van der Waals surface area contributed by atoms with Gasteiger partial charge >= 0.3 is 0 Å². The number of ether oxygens (including phenoxy) is 3. The monoisotopic (exact) mass is 885 g/mol. The summed E-state index contributed by atoms with van der Waals surface area (Å²) in [7, 11) is 0. The zero-order chi connectivity index (χ0) is 45.6. The van der Waals surface area contributed by atoms with Crippen LogP contribution in [0.15, 0.2) is 36.4 Å². The van der Waals surface area contributed by atoms with Gasteiger partial charge in [0.05, 0.1) is 36.4 Å². The van der Waals surface area contributed by atoms with E-state index in [2.05, 4.69) is 90.6 Å². The molecular weight excluding hydrogens is 817 g/mol. The Kier molecular flexibility index (Phi) is 14.4. The van der Waals surface area contributed by atoms with E-state index >= 15 is 0 Å². The van der Waals surface area contributed by atoms with E-state index < -0.39 is 5.92 Å². The Hall–Kier alpha value is -5.91. The summed E-state index contributed by atoms with van der Waals surface area (Å²) in [6, 6.07) is 12.4. The average Bonchev–Trinajstić information content (AvgIpc) is 4.08. The van der Waals surface area contributed by atoms with E-state index in [9.17, 15) is 14.4 Å². The number of rotatable bonds is 24. The second-order valence-corrected chi connectivity index (χ2v) is 17.8. The van der Waals surface area contributed by atoms with Crippen LogP contribution >= 0.6 is 0 Å². The van der Waals surface area contributed by atoms with Gasteiger partial charge in [-0.25, -0.2) is 0 Å². The van der Waals surface area contributed by atoms with E-state index in [1.165, 1.54) is 0 Å². The fraction of sp³-hybridized carbons (Fsp3) is 0.491. The molecule has 2 bridgehead atoms. The molecule has 0 saturated carbocycles. The third-order valence-corrected chi connectivity index (χ3v) is 13.1. The number of benzene rings is 3. The first-order chi connectivity index (χ1) is 31.8. The molecule has 0 atom stereocenters. The molecule has 12 heteroatoms. The van der Waals surface area contributed by atoms with Crippen LogP contribution in [0.2, 0.25) is 0 Å².